The molecule has 6 heteroatoms. The molecule has 0 saturated carbocycles. The Morgan fingerprint density at radius 3 is 2.39 bits per heavy atom. The average Bonchev–Trinajstić information content (AvgIpc) is 2.26. The number of rotatable bonds is 5. The summed E-state index contributed by atoms with van der Waals surface area (Å²) in [5.41, 5.74) is 6.65. The predicted molar refractivity (Wildman–Crippen MR) is 74.9 cm³/mol. The average molecular weight is 272 g/mol. The zero-order chi connectivity index (χ0) is 12.7. The molecule has 0 atom stereocenters. The van der Waals surface area contributed by atoms with E-state index >= 15 is 0 Å². The first-order valence-corrected chi connectivity index (χ1v) is 5.49. The number of nitrogens with one attached hydrogen (secondary N) is 2. The zero-order valence-corrected chi connectivity index (χ0v) is 11.0. The van der Waals surface area contributed by atoms with Gasteiger partial charge in [0.1, 0.15) is 0 Å². The van der Waals surface area contributed by atoms with Crippen LogP contribution in [0.2, 0.25) is 0 Å². The van der Waals surface area contributed by atoms with E-state index < -0.39 is 0 Å². The lowest BCUT2D eigenvalue weighted by molar-refractivity contribution is -0.116. The molecular formula is C12H18ClN3O2. The molecule has 0 unspecified atom stereocenters. The van der Waals surface area contributed by atoms with Crippen molar-refractivity contribution in [2.75, 3.05) is 17.2 Å². The number of benzene rings is 1. The topological polar surface area (TPSA) is 84.2 Å². The lowest BCUT2D eigenvalue weighted by Crippen LogP contribution is -2.13. The van der Waals surface area contributed by atoms with E-state index in [1.807, 2.05) is 0 Å². The number of anilines is 2. The Kier molecular flexibility index (Phi) is 7.74. The molecule has 1 aromatic carbocycles. The van der Waals surface area contributed by atoms with Crippen LogP contribution in [-0.4, -0.2) is 18.4 Å². The molecule has 0 saturated heterocycles. The van der Waals surface area contributed by atoms with Crippen molar-refractivity contribution < 1.29 is 9.59 Å². The van der Waals surface area contributed by atoms with E-state index in [0.29, 0.717) is 30.8 Å². The van der Waals surface area contributed by atoms with Crippen molar-refractivity contribution in [2.24, 2.45) is 5.73 Å². The second-order valence-electron chi connectivity index (χ2n) is 3.70. The van der Waals surface area contributed by atoms with E-state index in [0.717, 1.165) is 0 Å². The van der Waals surface area contributed by atoms with Gasteiger partial charge in [-0.3, -0.25) is 9.59 Å². The van der Waals surface area contributed by atoms with E-state index in [1.54, 1.807) is 24.3 Å². The van der Waals surface area contributed by atoms with Crippen molar-refractivity contribution in [3.05, 3.63) is 24.3 Å². The van der Waals surface area contributed by atoms with Crippen LogP contribution in [0, 0.1) is 0 Å². The van der Waals surface area contributed by atoms with Crippen LogP contribution in [0.1, 0.15) is 19.8 Å². The van der Waals surface area contributed by atoms with Crippen molar-refractivity contribution in [1.82, 2.24) is 0 Å². The summed E-state index contributed by atoms with van der Waals surface area (Å²) < 4.78 is 0. The lowest BCUT2D eigenvalue weighted by Gasteiger charge is -2.07. The molecule has 0 aliphatic rings. The Hall–Kier alpha value is -1.59. The minimum atomic E-state index is -0.142. The first-order chi connectivity index (χ1) is 8.11. The SMILES string of the molecule is CC(=O)Nc1cccc(NC(=O)CCCN)c1.Cl. The quantitative estimate of drug-likeness (QED) is 0.763. The van der Waals surface area contributed by atoms with Gasteiger partial charge in [-0.15, -0.1) is 12.4 Å². The molecule has 0 radical (unpaired) electrons. The van der Waals surface area contributed by atoms with Gasteiger partial charge in [0.15, 0.2) is 0 Å². The van der Waals surface area contributed by atoms with E-state index in [-0.39, 0.29) is 24.2 Å². The molecule has 1 rings (SSSR count). The van der Waals surface area contributed by atoms with Crippen LogP contribution in [0.15, 0.2) is 24.3 Å². The normalized spacial score (nSPS) is 9.22. The molecule has 0 heterocycles. The molecule has 1 aromatic rings. The molecular weight excluding hydrogens is 254 g/mol. The van der Waals surface area contributed by atoms with Crippen LogP contribution in [-0.2, 0) is 9.59 Å². The molecule has 100 valence electrons. The highest BCUT2D eigenvalue weighted by Gasteiger charge is 2.02. The van der Waals surface area contributed by atoms with Gasteiger partial charge in [-0.05, 0) is 31.2 Å². The third kappa shape index (κ3) is 6.22. The third-order valence-corrected chi connectivity index (χ3v) is 2.07. The second kappa shape index (κ2) is 8.49. The Morgan fingerprint density at radius 2 is 1.83 bits per heavy atom. The molecule has 0 aliphatic carbocycles. The highest BCUT2D eigenvalue weighted by molar-refractivity contribution is 5.93. The van der Waals surface area contributed by atoms with Crippen LogP contribution in [0.5, 0.6) is 0 Å². The maximum Gasteiger partial charge on any atom is 0.224 e. The highest BCUT2D eigenvalue weighted by atomic mass is 35.5. The van der Waals surface area contributed by atoms with Gasteiger partial charge in [-0.1, -0.05) is 6.07 Å². The largest absolute Gasteiger partial charge is 0.330 e. The van der Waals surface area contributed by atoms with Crippen LogP contribution in [0.4, 0.5) is 11.4 Å². The lowest BCUT2D eigenvalue weighted by atomic mass is 10.2. The molecule has 5 nitrogen and oxygen atoms in total. The Balaban J connectivity index is 0.00000289. The Morgan fingerprint density at radius 1 is 1.22 bits per heavy atom. The number of nitrogens with two attached hydrogens (primary N) is 1. The maximum absolute atomic E-state index is 11.5. The number of carbonyl (C=O) groups is 2. The molecule has 0 aromatic heterocycles. The Bertz CT molecular complexity index is 410. The molecule has 4 N–H and O–H groups in total. The van der Waals surface area contributed by atoms with Gasteiger partial charge < -0.3 is 16.4 Å². The molecule has 0 aliphatic heterocycles. The summed E-state index contributed by atoms with van der Waals surface area (Å²) in [7, 11) is 0. The van der Waals surface area contributed by atoms with Crippen LogP contribution >= 0.6 is 12.4 Å². The molecule has 2 amide bonds. The van der Waals surface area contributed by atoms with Gasteiger partial charge in [-0.25, -0.2) is 0 Å². The monoisotopic (exact) mass is 271 g/mol. The Labute approximate surface area is 113 Å². The van der Waals surface area contributed by atoms with Gasteiger partial charge >= 0.3 is 0 Å². The fourth-order valence-corrected chi connectivity index (χ4v) is 1.36. The van der Waals surface area contributed by atoms with Crippen molar-refractivity contribution in [2.45, 2.75) is 19.8 Å². The van der Waals surface area contributed by atoms with Crippen molar-refractivity contribution in [3.63, 3.8) is 0 Å². The third-order valence-electron chi connectivity index (χ3n) is 2.07. The fourth-order valence-electron chi connectivity index (χ4n) is 1.36. The summed E-state index contributed by atoms with van der Waals surface area (Å²) in [6.07, 6.45) is 1.07. The van der Waals surface area contributed by atoms with Gasteiger partial charge in [0.2, 0.25) is 11.8 Å². The van der Waals surface area contributed by atoms with Crippen molar-refractivity contribution in [1.29, 1.82) is 0 Å². The minimum absolute atomic E-state index is 0. The van der Waals surface area contributed by atoms with E-state index in [1.165, 1.54) is 6.92 Å². The van der Waals surface area contributed by atoms with Crippen LogP contribution < -0.4 is 16.4 Å². The summed E-state index contributed by atoms with van der Waals surface area (Å²) in [6.45, 7) is 1.94. The van der Waals surface area contributed by atoms with Gasteiger partial charge in [0, 0.05) is 24.7 Å². The minimum Gasteiger partial charge on any atom is -0.330 e. The van der Waals surface area contributed by atoms with Gasteiger partial charge in [-0.2, -0.15) is 0 Å². The number of halogens is 1. The van der Waals surface area contributed by atoms with Crippen molar-refractivity contribution >= 4 is 35.6 Å². The predicted octanol–water partition coefficient (Wildman–Crippen LogP) is 1.74. The van der Waals surface area contributed by atoms with Crippen molar-refractivity contribution in [3.8, 4) is 0 Å². The fraction of sp³-hybridized carbons (Fsp3) is 0.333. The zero-order valence-electron chi connectivity index (χ0n) is 10.2. The summed E-state index contributed by atoms with van der Waals surface area (Å²) >= 11 is 0. The summed E-state index contributed by atoms with van der Waals surface area (Å²) in [5.74, 6) is -0.216. The van der Waals surface area contributed by atoms with E-state index in [4.69, 9.17) is 5.73 Å². The first-order valence-electron chi connectivity index (χ1n) is 5.49. The highest BCUT2D eigenvalue weighted by Crippen LogP contribution is 2.15. The molecule has 0 spiro atoms. The summed E-state index contributed by atoms with van der Waals surface area (Å²) in [5, 5.41) is 5.40. The second-order valence-corrected chi connectivity index (χ2v) is 3.70. The van der Waals surface area contributed by atoms with E-state index in [9.17, 15) is 9.59 Å². The standard InChI is InChI=1S/C12H17N3O2.ClH/c1-9(16)14-10-4-2-5-11(8-10)15-12(17)6-3-7-13;/h2,4-5,8H,3,6-7,13H2,1H3,(H,14,16)(H,15,17);1H. The molecule has 0 fully saturated rings. The molecule has 0 bridgehead atoms. The number of hydrogen-bond acceptors (Lipinski definition) is 3. The summed E-state index contributed by atoms with van der Waals surface area (Å²) in [4.78, 5) is 22.3. The number of hydrogen-bond donors (Lipinski definition) is 3. The van der Waals surface area contributed by atoms with Gasteiger partial charge in [0.25, 0.3) is 0 Å². The maximum atomic E-state index is 11.5. The number of amides is 2. The summed E-state index contributed by atoms with van der Waals surface area (Å²) in [6, 6.07) is 7.01. The molecule has 18 heavy (non-hydrogen) atoms. The smallest absolute Gasteiger partial charge is 0.224 e. The number of carbonyl (C=O) groups excluding carboxylic acids is 2. The van der Waals surface area contributed by atoms with Gasteiger partial charge in [0.05, 0.1) is 0 Å². The van der Waals surface area contributed by atoms with Crippen LogP contribution in [0.25, 0.3) is 0 Å². The van der Waals surface area contributed by atoms with E-state index in [2.05, 4.69) is 10.6 Å². The first kappa shape index (κ1) is 16.4. The van der Waals surface area contributed by atoms with Crippen LogP contribution in [0.3, 0.4) is 0 Å².